The lowest BCUT2D eigenvalue weighted by Crippen LogP contribution is -2.49. The molecule has 0 saturated carbocycles. The second-order valence-corrected chi connectivity index (χ2v) is 8.61. The van der Waals surface area contributed by atoms with E-state index in [0.29, 0.717) is 66.3 Å². The average molecular weight is 490 g/mol. The highest BCUT2D eigenvalue weighted by atomic mass is 19.1. The van der Waals surface area contributed by atoms with Crippen molar-refractivity contribution in [1.82, 2.24) is 19.9 Å². The number of rotatable bonds is 6. The molecule has 1 amide bonds. The number of carbonyl (C=O) groups excluding carboxylic acids is 1. The Morgan fingerprint density at radius 1 is 1.06 bits per heavy atom. The number of nitrogens with one attached hydrogen (secondary N) is 1. The summed E-state index contributed by atoms with van der Waals surface area (Å²) >= 11 is 0. The van der Waals surface area contributed by atoms with Gasteiger partial charge < -0.3 is 24.3 Å². The van der Waals surface area contributed by atoms with Crippen molar-refractivity contribution in [2.75, 3.05) is 45.3 Å². The van der Waals surface area contributed by atoms with E-state index in [1.165, 1.54) is 0 Å². The molecule has 1 aromatic carbocycles. The number of hydrogen-bond acceptors (Lipinski definition) is 6. The summed E-state index contributed by atoms with van der Waals surface area (Å²) in [4.78, 5) is 29.1. The van der Waals surface area contributed by atoms with Gasteiger partial charge in [-0.3, -0.25) is 9.78 Å². The lowest BCUT2D eigenvalue weighted by Gasteiger charge is -2.35. The fraction of sp³-hybridized carbons (Fsp3) is 0.296. The molecule has 36 heavy (non-hydrogen) atoms. The van der Waals surface area contributed by atoms with Crippen LogP contribution in [0.3, 0.4) is 0 Å². The Bertz CT molecular complexity index is 1410. The number of benzene rings is 1. The molecule has 0 aliphatic carbocycles. The van der Waals surface area contributed by atoms with Gasteiger partial charge in [-0.05, 0) is 47.9 Å². The second-order valence-electron chi connectivity index (χ2n) is 8.61. The van der Waals surface area contributed by atoms with Crippen molar-refractivity contribution >= 4 is 22.6 Å². The minimum Gasteiger partial charge on any atom is -0.496 e. The van der Waals surface area contributed by atoms with Crippen molar-refractivity contribution in [3.05, 3.63) is 66.0 Å². The van der Waals surface area contributed by atoms with Crippen molar-refractivity contribution in [2.24, 2.45) is 0 Å². The van der Waals surface area contributed by atoms with E-state index in [1.807, 2.05) is 25.1 Å². The first-order chi connectivity index (χ1) is 17.5. The molecule has 1 saturated heterocycles. The number of hydrogen-bond donors (Lipinski definition) is 1. The number of piperazine rings is 1. The van der Waals surface area contributed by atoms with E-state index in [4.69, 9.17) is 9.47 Å². The van der Waals surface area contributed by atoms with Crippen molar-refractivity contribution in [1.29, 1.82) is 0 Å². The summed E-state index contributed by atoms with van der Waals surface area (Å²) in [6.07, 6.45) is 5.59. The SMILES string of the molecule is CCc1cc(-c2cnccc2OC)c2cc(C(=O)N3CCN(c4ncccc4OC)CC3)[nH]c2c1F. The number of pyridine rings is 2. The number of ether oxygens (including phenoxy) is 2. The Morgan fingerprint density at radius 2 is 1.83 bits per heavy atom. The number of methoxy groups -OCH3 is 2. The molecule has 8 nitrogen and oxygen atoms in total. The van der Waals surface area contributed by atoms with Gasteiger partial charge in [0.1, 0.15) is 17.3 Å². The zero-order valence-corrected chi connectivity index (χ0v) is 20.5. The van der Waals surface area contributed by atoms with Crippen LogP contribution >= 0.6 is 0 Å². The van der Waals surface area contributed by atoms with Crippen molar-refractivity contribution in [3.63, 3.8) is 0 Å². The van der Waals surface area contributed by atoms with Gasteiger partial charge in [0.05, 0.1) is 19.7 Å². The largest absolute Gasteiger partial charge is 0.496 e. The fourth-order valence-electron chi connectivity index (χ4n) is 4.74. The normalized spacial score (nSPS) is 13.8. The third-order valence-corrected chi connectivity index (χ3v) is 6.67. The molecule has 0 spiro atoms. The van der Waals surface area contributed by atoms with Crippen LogP contribution in [0.1, 0.15) is 23.0 Å². The predicted octanol–water partition coefficient (Wildman–Crippen LogP) is 4.31. The van der Waals surface area contributed by atoms with Crippen LogP contribution in [-0.2, 0) is 6.42 Å². The summed E-state index contributed by atoms with van der Waals surface area (Å²) < 4.78 is 26.3. The number of carbonyl (C=O) groups is 1. The number of nitrogens with zero attached hydrogens (tertiary/aromatic N) is 4. The summed E-state index contributed by atoms with van der Waals surface area (Å²) in [5.74, 6) is 1.59. The van der Waals surface area contributed by atoms with E-state index in [0.717, 1.165) is 16.9 Å². The Hall–Kier alpha value is -4.14. The van der Waals surface area contributed by atoms with Crippen LogP contribution in [0.25, 0.3) is 22.0 Å². The standard InChI is InChI=1S/C27H28FN5O3/c1-4-17-14-18(20-16-29-9-7-22(20)35-2)19-15-21(31-25(19)24(17)28)27(34)33-12-10-32(11-13-33)26-23(36-3)6-5-8-30-26/h5-9,14-16,31H,4,10-13H2,1-3H3. The van der Waals surface area contributed by atoms with Crippen LogP contribution < -0.4 is 14.4 Å². The van der Waals surface area contributed by atoms with Crippen molar-refractivity contribution in [2.45, 2.75) is 13.3 Å². The van der Waals surface area contributed by atoms with Gasteiger partial charge >= 0.3 is 0 Å². The predicted molar refractivity (Wildman–Crippen MR) is 136 cm³/mol. The number of anilines is 1. The molecule has 0 unspecified atom stereocenters. The smallest absolute Gasteiger partial charge is 0.270 e. The van der Waals surface area contributed by atoms with Gasteiger partial charge in [0, 0.05) is 55.7 Å². The van der Waals surface area contributed by atoms with Gasteiger partial charge in [-0.15, -0.1) is 0 Å². The summed E-state index contributed by atoms with van der Waals surface area (Å²) in [7, 11) is 3.21. The summed E-state index contributed by atoms with van der Waals surface area (Å²) in [6.45, 7) is 4.16. The summed E-state index contributed by atoms with van der Waals surface area (Å²) in [5, 5.41) is 0.621. The molecular formula is C27H28FN5O3. The minimum absolute atomic E-state index is 0.166. The highest BCUT2D eigenvalue weighted by molar-refractivity contribution is 6.04. The zero-order chi connectivity index (χ0) is 25.2. The van der Waals surface area contributed by atoms with E-state index in [9.17, 15) is 4.79 Å². The summed E-state index contributed by atoms with van der Waals surface area (Å²) in [5.41, 5.74) is 2.74. The molecule has 0 atom stereocenters. The molecule has 4 heterocycles. The van der Waals surface area contributed by atoms with Crippen LogP contribution in [0.4, 0.5) is 10.2 Å². The monoisotopic (exact) mass is 489 g/mol. The van der Waals surface area contributed by atoms with Gasteiger partial charge in [0.15, 0.2) is 11.6 Å². The van der Waals surface area contributed by atoms with Gasteiger partial charge in [-0.25, -0.2) is 9.37 Å². The molecule has 1 aliphatic heterocycles. The highest BCUT2D eigenvalue weighted by Crippen LogP contribution is 2.37. The Morgan fingerprint density at radius 3 is 2.56 bits per heavy atom. The Balaban J connectivity index is 1.46. The molecule has 9 heteroatoms. The van der Waals surface area contributed by atoms with Crippen LogP contribution in [0.2, 0.25) is 0 Å². The lowest BCUT2D eigenvalue weighted by atomic mass is 9.98. The van der Waals surface area contributed by atoms with Gasteiger partial charge in [0.25, 0.3) is 5.91 Å². The third-order valence-electron chi connectivity index (χ3n) is 6.67. The summed E-state index contributed by atoms with van der Waals surface area (Å²) in [6, 6.07) is 9.02. The second kappa shape index (κ2) is 9.85. The van der Waals surface area contributed by atoms with E-state index < -0.39 is 0 Å². The first kappa shape index (κ1) is 23.6. The number of aryl methyl sites for hydroxylation is 1. The van der Waals surface area contributed by atoms with Gasteiger partial charge in [-0.2, -0.15) is 0 Å². The fourth-order valence-corrected chi connectivity index (χ4v) is 4.74. The Labute approximate surface area is 208 Å². The van der Waals surface area contributed by atoms with E-state index in [1.54, 1.807) is 49.8 Å². The molecule has 1 N–H and O–H groups in total. The molecule has 4 aromatic rings. The molecule has 1 fully saturated rings. The molecule has 0 radical (unpaired) electrons. The molecular weight excluding hydrogens is 461 g/mol. The molecule has 186 valence electrons. The van der Waals surface area contributed by atoms with Crippen LogP contribution in [-0.4, -0.2) is 66.2 Å². The van der Waals surface area contributed by atoms with Gasteiger partial charge in [0.2, 0.25) is 0 Å². The molecule has 3 aromatic heterocycles. The maximum Gasteiger partial charge on any atom is 0.270 e. The molecule has 1 aliphatic rings. The van der Waals surface area contributed by atoms with Crippen LogP contribution in [0.15, 0.2) is 48.9 Å². The number of amides is 1. The van der Waals surface area contributed by atoms with Crippen molar-refractivity contribution < 1.29 is 18.7 Å². The quantitative estimate of drug-likeness (QED) is 0.435. The van der Waals surface area contributed by atoms with Gasteiger partial charge in [-0.1, -0.05) is 6.92 Å². The van der Waals surface area contributed by atoms with Crippen LogP contribution in [0, 0.1) is 5.82 Å². The number of H-pyrrole nitrogens is 1. The van der Waals surface area contributed by atoms with Crippen molar-refractivity contribution in [3.8, 4) is 22.6 Å². The molecule has 0 bridgehead atoms. The number of aromatic nitrogens is 3. The minimum atomic E-state index is -0.342. The lowest BCUT2D eigenvalue weighted by molar-refractivity contribution is 0.0741. The maximum atomic E-state index is 15.3. The Kier molecular flexibility index (Phi) is 6.45. The number of aromatic amines is 1. The van der Waals surface area contributed by atoms with E-state index in [-0.39, 0.29) is 11.7 Å². The highest BCUT2D eigenvalue weighted by Gasteiger charge is 2.27. The van der Waals surface area contributed by atoms with E-state index >= 15 is 4.39 Å². The van der Waals surface area contributed by atoms with E-state index in [2.05, 4.69) is 19.9 Å². The topological polar surface area (TPSA) is 83.6 Å². The number of halogens is 1. The average Bonchev–Trinajstić information content (AvgIpc) is 3.39. The molecule has 5 rings (SSSR count). The van der Waals surface area contributed by atoms with Crippen LogP contribution in [0.5, 0.6) is 11.5 Å². The first-order valence-corrected chi connectivity index (χ1v) is 11.9. The third kappa shape index (κ3) is 4.10. The number of fused-ring (bicyclic) bond motifs is 1. The maximum absolute atomic E-state index is 15.3. The first-order valence-electron chi connectivity index (χ1n) is 11.9. The zero-order valence-electron chi connectivity index (χ0n) is 20.5.